The zero-order valence-corrected chi connectivity index (χ0v) is 9.76. The number of carbonyl (C=O) groups excluding carboxylic acids is 1. The summed E-state index contributed by atoms with van der Waals surface area (Å²) in [7, 11) is 0. The molecule has 0 bridgehead atoms. The summed E-state index contributed by atoms with van der Waals surface area (Å²) in [6, 6.07) is 9.21. The molecule has 0 saturated heterocycles. The van der Waals surface area contributed by atoms with Crippen molar-refractivity contribution in [3.05, 3.63) is 58.7 Å². The van der Waals surface area contributed by atoms with Gasteiger partial charge in [0.2, 0.25) is 0 Å². The van der Waals surface area contributed by atoms with E-state index in [1.54, 1.807) is 12.1 Å². The van der Waals surface area contributed by atoms with Gasteiger partial charge in [0.05, 0.1) is 0 Å². The molecular weight excluding hydrogens is 220 g/mol. The van der Waals surface area contributed by atoms with Gasteiger partial charge >= 0.3 is 0 Å². The molecule has 2 rings (SSSR count). The van der Waals surface area contributed by atoms with Crippen LogP contribution in [0.2, 0.25) is 0 Å². The fourth-order valence-corrected chi connectivity index (χ4v) is 2.27. The summed E-state index contributed by atoms with van der Waals surface area (Å²) in [6.45, 7) is 3.93. The van der Waals surface area contributed by atoms with Gasteiger partial charge in [-0.25, -0.2) is 0 Å². The number of ketones is 1. The van der Waals surface area contributed by atoms with Crippen LogP contribution in [-0.4, -0.2) is 5.78 Å². The van der Waals surface area contributed by atoms with Gasteiger partial charge in [0, 0.05) is 16.2 Å². The van der Waals surface area contributed by atoms with Gasteiger partial charge in [0.25, 0.3) is 0 Å². The Morgan fingerprint density at radius 3 is 2.50 bits per heavy atom. The van der Waals surface area contributed by atoms with Crippen LogP contribution in [0.25, 0.3) is 0 Å². The Balaban J connectivity index is 2.38. The van der Waals surface area contributed by atoms with E-state index in [1.807, 2.05) is 18.2 Å². The lowest BCUT2D eigenvalue weighted by molar-refractivity contribution is 0.103. The lowest BCUT2D eigenvalue weighted by Gasteiger charge is -2.17. The summed E-state index contributed by atoms with van der Waals surface area (Å²) in [5, 5.41) is 0.658. The van der Waals surface area contributed by atoms with Gasteiger partial charge in [0.15, 0.2) is 5.78 Å². The lowest BCUT2D eigenvalue weighted by Crippen LogP contribution is -2.10. The molecule has 0 aliphatic heterocycles. The van der Waals surface area contributed by atoms with Crippen LogP contribution in [-0.2, 0) is 0 Å². The van der Waals surface area contributed by atoms with Crippen molar-refractivity contribution in [2.45, 2.75) is 19.3 Å². The van der Waals surface area contributed by atoms with Gasteiger partial charge in [0.1, 0.15) is 0 Å². The molecule has 0 amide bonds. The molecule has 16 heavy (non-hydrogen) atoms. The van der Waals surface area contributed by atoms with Crippen LogP contribution in [0.4, 0.5) is 0 Å². The quantitative estimate of drug-likeness (QED) is 0.702. The summed E-state index contributed by atoms with van der Waals surface area (Å²) in [4.78, 5) is 12.2. The normalized spacial score (nSPS) is 16.4. The monoisotopic (exact) mass is 232 g/mol. The zero-order chi connectivity index (χ0) is 11.5. The molecule has 0 radical (unpaired) electrons. The van der Waals surface area contributed by atoms with Crippen molar-refractivity contribution in [2.24, 2.45) is 0 Å². The topological polar surface area (TPSA) is 17.1 Å². The van der Waals surface area contributed by atoms with E-state index in [9.17, 15) is 4.79 Å². The standard InChI is InChI=1S/C14H13ClO/c1-10-6-5-9-12(15)13(10)14(16)11-7-3-2-4-8-11/h2-4,7-8H,1,5-6,9H2. The average molecular weight is 233 g/mol. The first kappa shape index (κ1) is 11.2. The molecule has 0 atom stereocenters. The van der Waals surface area contributed by atoms with Gasteiger partial charge in [-0.15, -0.1) is 0 Å². The molecule has 2 heteroatoms. The predicted octanol–water partition coefficient (Wildman–Crippen LogP) is 4.10. The maximum Gasteiger partial charge on any atom is 0.194 e. The van der Waals surface area contributed by atoms with E-state index in [-0.39, 0.29) is 5.78 Å². The molecule has 1 aromatic rings. The highest BCUT2D eigenvalue weighted by atomic mass is 35.5. The van der Waals surface area contributed by atoms with Crippen LogP contribution in [0.15, 0.2) is 53.1 Å². The summed E-state index contributed by atoms with van der Waals surface area (Å²) >= 11 is 6.12. The third-order valence-electron chi connectivity index (χ3n) is 2.76. The summed E-state index contributed by atoms with van der Waals surface area (Å²) in [6.07, 6.45) is 2.64. The molecular formula is C14H13ClO. The first-order valence-corrected chi connectivity index (χ1v) is 5.74. The van der Waals surface area contributed by atoms with E-state index in [0.717, 1.165) is 24.8 Å². The van der Waals surface area contributed by atoms with E-state index < -0.39 is 0 Å². The van der Waals surface area contributed by atoms with E-state index in [4.69, 9.17) is 11.6 Å². The van der Waals surface area contributed by atoms with Crippen LogP contribution >= 0.6 is 11.6 Å². The highest BCUT2D eigenvalue weighted by molar-refractivity contribution is 6.33. The molecule has 0 N–H and O–H groups in total. The first-order chi connectivity index (χ1) is 7.70. The fraction of sp³-hybridized carbons (Fsp3) is 0.214. The van der Waals surface area contributed by atoms with Crippen molar-refractivity contribution in [1.82, 2.24) is 0 Å². The Morgan fingerprint density at radius 1 is 1.19 bits per heavy atom. The van der Waals surface area contributed by atoms with Crippen LogP contribution < -0.4 is 0 Å². The van der Waals surface area contributed by atoms with Crippen molar-refractivity contribution >= 4 is 17.4 Å². The van der Waals surface area contributed by atoms with E-state index >= 15 is 0 Å². The Kier molecular flexibility index (Phi) is 3.25. The Bertz CT molecular complexity index is 457. The molecule has 0 heterocycles. The minimum atomic E-state index is -0.00435. The van der Waals surface area contributed by atoms with Crippen molar-refractivity contribution in [3.63, 3.8) is 0 Å². The second kappa shape index (κ2) is 4.67. The lowest BCUT2D eigenvalue weighted by atomic mass is 9.89. The Labute approximate surface area is 100 Å². The van der Waals surface area contributed by atoms with Crippen LogP contribution in [0.1, 0.15) is 29.6 Å². The van der Waals surface area contributed by atoms with Crippen LogP contribution in [0.3, 0.4) is 0 Å². The zero-order valence-electron chi connectivity index (χ0n) is 9.00. The number of hydrogen-bond acceptors (Lipinski definition) is 1. The minimum absolute atomic E-state index is 0.00435. The fourth-order valence-electron chi connectivity index (χ4n) is 1.92. The van der Waals surface area contributed by atoms with Crippen molar-refractivity contribution in [2.75, 3.05) is 0 Å². The summed E-state index contributed by atoms with van der Waals surface area (Å²) in [5.74, 6) is -0.00435. The van der Waals surface area contributed by atoms with Crippen molar-refractivity contribution < 1.29 is 4.79 Å². The molecule has 82 valence electrons. The maximum atomic E-state index is 12.2. The number of hydrogen-bond donors (Lipinski definition) is 0. The van der Waals surface area contributed by atoms with Gasteiger partial charge in [-0.1, -0.05) is 48.5 Å². The van der Waals surface area contributed by atoms with E-state index in [1.165, 1.54) is 0 Å². The molecule has 0 spiro atoms. The third-order valence-corrected chi connectivity index (χ3v) is 3.14. The van der Waals surface area contributed by atoms with Gasteiger partial charge < -0.3 is 0 Å². The highest BCUT2D eigenvalue weighted by Crippen LogP contribution is 2.32. The van der Waals surface area contributed by atoms with E-state index in [0.29, 0.717) is 16.2 Å². The molecule has 1 aromatic carbocycles. The van der Waals surface area contributed by atoms with Crippen molar-refractivity contribution in [1.29, 1.82) is 0 Å². The highest BCUT2D eigenvalue weighted by Gasteiger charge is 2.21. The summed E-state index contributed by atoms with van der Waals surface area (Å²) < 4.78 is 0. The molecule has 0 unspecified atom stereocenters. The van der Waals surface area contributed by atoms with Gasteiger partial charge in [-0.2, -0.15) is 0 Å². The second-order valence-electron chi connectivity index (χ2n) is 3.93. The molecule has 1 aliphatic carbocycles. The number of carbonyl (C=O) groups is 1. The number of Topliss-reactive ketones (excluding diaryl/α,β-unsaturated/α-hetero) is 1. The Hall–Kier alpha value is -1.34. The number of halogens is 1. The van der Waals surface area contributed by atoms with Crippen molar-refractivity contribution in [3.8, 4) is 0 Å². The molecule has 0 aromatic heterocycles. The third kappa shape index (κ3) is 2.10. The van der Waals surface area contributed by atoms with Gasteiger partial charge in [-0.3, -0.25) is 4.79 Å². The second-order valence-corrected chi connectivity index (χ2v) is 4.39. The SMILES string of the molecule is C=C1CCCC(Cl)=C1C(=O)c1ccccc1. The Morgan fingerprint density at radius 2 is 1.88 bits per heavy atom. The van der Waals surface area contributed by atoms with Crippen LogP contribution in [0, 0.1) is 0 Å². The number of allylic oxidation sites excluding steroid dienone is 3. The maximum absolute atomic E-state index is 12.2. The average Bonchev–Trinajstić information content (AvgIpc) is 2.30. The first-order valence-electron chi connectivity index (χ1n) is 5.36. The number of rotatable bonds is 2. The van der Waals surface area contributed by atoms with Gasteiger partial charge in [-0.05, 0) is 24.8 Å². The number of benzene rings is 1. The smallest absolute Gasteiger partial charge is 0.194 e. The molecule has 0 fully saturated rings. The minimum Gasteiger partial charge on any atom is -0.289 e. The molecule has 1 aliphatic rings. The van der Waals surface area contributed by atoms with Crippen LogP contribution in [0.5, 0.6) is 0 Å². The molecule has 1 nitrogen and oxygen atoms in total. The summed E-state index contributed by atoms with van der Waals surface area (Å²) in [5.41, 5.74) is 2.17. The largest absolute Gasteiger partial charge is 0.289 e. The predicted molar refractivity (Wildman–Crippen MR) is 66.6 cm³/mol. The van der Waals surface area contributed by atoms with E-state index in [2.05, 4.69) is 6.58 Å². The molecule has 0 saturated carbocycles.